The van der Waals surface area contributed by atoms with Crippen molar-refractivity contribution in [2.24, 2.45) is 0 Å². The molecule has 63 heteroatoms. The second kappa shape index (κ2) is 50.6. The van der Waals surface area contributed by atoms with E-state index in [1.807, 2.05) is 0 Å². The van der Waals surface area contributed by atoms with Crippen molar-refractivity contribution in [1.82, 2.24) is 26.6 Å². The van der Waals surface area contributed by atoms with Gasteiger partial charge in [0.15, 0.2) is 62.9 Å². The van der Waals surface area contributed by atoms with Crippen LogP contribution in [-0.4, -0.2) is 603 Å². The van der Waals surface area contributed by atoms with E-state index in [2.05, 4.69) is 26.6 Å². The summed E-state index contributed by atoms with van der Waals surface area (Å²) in [6.45, 7) is -6.14. The first-order valence-corrected chi connectivity index (χ1v) is 45.1. The Morgan fingerprint density at radius 1 is 0.303 bits per heavy atom. The number of carbonyl (C=O) groups excluding carboxylic acids is 5. The van der Waals surface area contributed by atoms with Crippen LogP contribution in [-0.2, 0) is 128 Å². The molecular weight excluding hydrogens is 1950 g/mol. The molecule has 0 spiro atoms. The van der Waals surface area contributed by atoms with Gasteiger partial charge in [-0.25, -0.2) is 4.79 Å². The Morgan fingerprint density at radius 3 is 1.06 bits per heavy atom. The minimum atomic E-state index is -3.35. The van der Waals surface area contributed by atoms with Crippen LogP contribution in [0.4, 0.5) is 0 Å². The monoisotopic (exact) mass is 2080 g/mol. The molecule has 11 aliphatic rings. The van der Waals surface area contributed by atoms with E-state index in [0.29, 0.717) is 0 Å². The molecule has 11 aliphatic heterocycles. The lowest BCUT2D eigenvalue weighted by molar-refractivity contribution is -0.401. The lowest BCUT2D eigenvalue weighted by Gasteiger charge is -2.51. The van der Waals surface area contributed by atoms with Crippen LogP contribution in [0.2, 0.25) is 0 Å². The molecule has 11 rings (SSSR count). The Labute approximate surface area is 803 Å². The number of hydrogen-bond acceptors (Lipinski definition) is 57. The predicted molar refractivity (Wildman–Crippen MR) is 436 cm³/mol. The van der Waals surface area contributed by atoms with Gasteiger partial charge in [-0.05, 0) is 6.92 Å². The number of rotatable bonds is 38. The molecule has 0 aromatic heterocycles. The summed E-state index contributed by atoms with van der Waals surface area (Å²) in [6, 6.07) is -9.82. The minimum Gasteiger partial charge on any atom is -0.477 e. The number of ether oxygens (including phenoxy) is 21. The number of hydrogen-bond donors (Lipinski definition) is 36. The van der Waals surface area contributed by atoms with Crippen molar-refractivity contribution in [2.45, 2.75) is 391 Å². The van der Waals surface area contributed by atoms with E-state index in [-0.39, 0.29) is 0 Å². The third-order valence-corrected chi connectivity index (χ3v) is 25.9. The van der Waals surface area contributed by atoms with Crippen molar-refractivity contribution in [2.75, 3.05) is 66.1 Å². The Hall–Kier alpha value is -5.22. The number of aliphatic carboxylic acids is 1. The van der Waals surface area contributed by atoms with Crippen LogP contribution < -0.4 is 26.6 Å². The normalized spacial score (nSPS) is 48.0. The van der Waals surface area contributed by atoms with E-state index < -0.39 is 451 Å². The first-order chi connectivity index (χ1) is 67.0. The molecule has 0 bridgehead atoms. The SMILES string of the molecule is CC(=O)N[C@@H]1[C@@H](O)[C@H](O[C@@H]2O[C@H](CO)[C@@H](O[C@@H]3O[C@H](CO[C@H]4O[C@H](CO)[C@@H](O)[C@H](O)[C@@H]4O[C@H]4O[C@H](CO)[C@@H](O[C@@H]5O[C@H](CO)[C@H](O)[C@H](O)[C@H]5O)[C@H](O)[C@H]4NC(C)=O)[C@@H](O)[C@H](O[C@H]4O[C@H](CO)[C@@H](O)[C@H](O)[C@@H]4O[C@H]4O[C@H](CO)[C@@H](O[C@@H]5O[C@H](CO)[C@H](O)[C@H](O[C@]6(C(=O)O)C[C@H](O)[C@@H](NC(C)=O)[C@H]([C@H](O)[C@H](O)CO)O6)[C@H]5O)[C@H](O)[C@H]4NC(C)=O)[C@@H]3O)[C@H](O)[C@H]2NC(C)=O)[C@@H](CO[C@@H]2O[C@@H](C)[C@@H](O)[C@@H](O)[C@@H]2O)O[C@H]1O. The molecule has 11 fully saturated rings. The number of carbonyl (C=O) groups is 6. The molecule has 0 unspecified atom stereocenters. The van der Waals surface area contributed by atoms with E-state index >= 15 is 0 Å². The maximum atomic E-state index is 13.4. The number of carboxylic acid groups (broad SMARTS) is 1. The van der Waals surface area contributed by atoms with Crippen LogP contribution in [0, 0.1) is 0 Å². The minimum absolute atomic E-state index is 0.840. The van der Waals surface area contributed by atoms with Gasteiger partial charge in [-0.15, -0.1) is 0 Å². The van der Waals surface area contributed by atoms with Crippen LogP contribution >= 0.6 is 0 Å². The van der Waals surface area contributed by atoms with Gasteiger partial charge < -0.3 is 284 Å². The zero-order chi connectivity index (χ0) is 105. The van der Waals surface area contributed by atoms with Gasteiger partial charge >= 0.3 is 5.97 Å². The van der Waals surface area contributed by atoms with Crippen LogP contribution in [0.3, 0.4) is 0 Å². The number of aliphatic hydroxyl groups excluding tert-OH is 30. The summed E-state index contributed by atoms with van der Waals surface area (Å²) in [7, 11) is 0. The van der Waals surface area contributed by atoms with Crippen LogP contribution in [0.1, 0.15) is 48.0 Å². The van der Waals surface area contributed by atoms with E-state index in [0.717, 1.165) is 34.6 Å². The van der Waals surface area contributed by atoms with Crippen molar-refractivity contribution in [3.8, 4) is 0 Å². The Kier molecular flexibility index (Phi) is 41.7. The van der Waals surface area contributed by atoms with Crippen molar-refractivity contribution in [1.29, 1.82) is 0 Å². The van der Waals surface area contributed by atoms with Crippen LogP contribution in [0.5, 0.6) is 0 Å². The summed E-state index contributed by atoms with van der Waals surface area (Å²) in [6.07, 6.45) is -111. The lowest BCUT2D eigenvalue weighted by Crippen LogP contribution is -2.71. The highest BCUT2D eigenvalue weighted by molar-refractivity contribution is 5.77. The average Bonchev–Trinajstić information content (AvgIpc) is 0.804. The van der Waals surface area contributed by atoms with E-state index in [1.165, 1.54) is 6.92 Å². The summed E-state index contributed by atoms with van der Waals surface area (Å²) in [5.41, 5.74) is 0. The topological polar surface area (TPSA) is 984 Å². The molecule has 11 heterocycles. The largest absolute Gasteiger partial charge is 0.477 e. The molecule has 820 valence electrons. The molecule has 0 aliphatic carbocycles. The molecule has 0 aromatic carbocycles. The smallest absolute Gasteiger partial charge is 0.364 e. The van der Waals surface area contributed by atoms with Gasteiger partial charge in [0.1, 0.15) is 256 Å². The highest BCUT2D eigenvalue weighted by Gasteiger charge is 2.65. The Bertz CT molecular complexity index is 4010. The Morgan fingerprint density at radius 2 is 0.620 bits per heavy atom. The van der Waals surface area contributed by atoms with Crippen LogP contribution in [0.15, 0.2) is 0 Å². The molecule has 63 nitrogen and oxygen atoms in total. The lowest BCUT2D eigenvalue weighted by atomic mass is 9.88. The molecule has 0 saturated carbocycles. The van der Waals surface area contributed by atoms with Gasteiger partial charge in [0.2, 0.25) is 29.5 Å². The summed E-state index contributed by atoms with van der Waals surface area (Å²) in [5.74, 6) is -10.4. The van der Waals surface area contributed by atoms with Gasteiger partial charge in [0.05, 0.1) is 84.3 Å². The first-order valence-electron chi connectivity index (χ1n) is 45.1. The highest BCUT2D eigenvalue weighted by atomic mass is 16.8. The molecule has 5 amide bonds. The highest BCUT2D eigenvalue weighted by Crippen LogP contribution is 2.44. The fourth-order valence-electron chi connectivity index (χ4n) is 18.4. The zero-order valence-corrected chi connectivity index (χ0v) is 76.4. The molecule has 56 atom stereocenters. The number of amides is 5. The second-order valence-electron chi connectivity index (χ2n) is 36.0. The molecule has 0 radical (unpaired) electrons. The third kappa shape index (κ3) is 25.8. The summed E-state index contributed by atoms with van der Waals surface area (Å²) >= 11 is 0. The van der Waals surface area contributed by atoms with Crippen molar-refractivity contribution in [3.05, 3.63) is 0 Å². The fraction of sp³-hybridized carbons (Fsp3) is 0.924. The van der Waals surface area contributed by atoms with Gasteiger partial charge in [-0.1, -0.05) is 0 Å². The van der Waals surface area contributed by atoms with Gasteiger partial charge in [-0.2, -0.15) is 0 Å². The second-order valence-corrected chi connectivity index (χ2v) is 36.0. The number of nitrogens with one attached hydrogen (secondary N) is 5. The summed E-state index contributed by atoms with van der Waals surface area (Å²) < 4.78 is 125. The molecule has 36 N–H and O–H groups in total. The van der Waals surface area contributed by atoms with Gasteiger partial charge in [0, 0.05) is 41.0 Å². The molecule has 142 heavy (non-hydrogen) atoms. The molecule has 0 aromatic rings. The molecule has 11 saturated heterocycles. The van der Waals surface area contributed by atoms with Crippen molar-refractivity contribution < 1.29 is 287 Å². The maximum Gasteiger partial charge on any atom is 0.364 e. The number of aliphatic hydroxyl groups is 30. The van der Waals surface area contributed by atoms with Crippen molar-refractivity contribution in [3.63, 3.8) is 0 Å². The van der Waals surface area contributed by atoms with E-state index in [4.69, 9.17) is 99.5 Å². The number of carboxylic acids is 1. The average molecular weight is 2080 g/mol. The summed E-state index contributed by atoms with van der Waals surface area (Å²) in [5, 5.41) is 361. The van der Waals surface area contributed by atoms with Gasteiger partial charge in [0.25, 0.3) is 5.79 Å². The van der Waals surface area contributed by atoms with Crippen LogP contribution in [0.25, 0.3) is 0 Å². The summed E-state index contributed by atoms with van der Waals surface area (Å²) in [4.78, 5) is 77.9. The molecular formula is C79H131N5O58. The van der Waals surface area contributed by atoms with E-state index in [9.17, 15) is 187 Å². The zero-order valence-electron chi connectivity index (χ0n) is 76.4. The maximum absolute atomic E-state index is 13.4. The Balaban J connectivity index is 0.920. The predicted octanol–water partition coefficient (Wildman–Crippen LogP) is -24.0. The standard InChI is InChI=1S/C79H131N5O58/c1-18-40(100)51(111)55(115)72(124-18)122-17-34-62(47(107)36(68(119)125-34)81-20(3)94)134-69-37(82-21(4)95)48(108)60(31(14-91)130-69)136-74-57(117)64(46(106)33(133-74)16-123-76-66(53(113)43(103)27(10-87)128-76)139-70-38(83-22(5)96)49(109)59(30(13-90)131-70)135-73-56(116)52(112)42(102)26(9-86)126-73)138-77-67(54(114)44(104)28(11-88)129-77)140-71-39(84-23(6)97)50(110)61(32(15-92)132-71)137-75-58(118)65(45(105)29(12-89)127-75)142-79(78(120)121)7-24(98)35(80-19(2)93)63(141-79)41(101)25(99)8-85/h18,24-77,85-92,98-119H,7-17H2,1-6H3,(H,80,93)(H,81,94)(H,82,95)(H,83,96)(H,84,97)(H,120,121)/t18-,24-,25+,26+,27+,28+,29+,30+,31+,32+,33+,34+,35+,36+,37+,38+,39+,40+,41+,42-,43+,44+,45-,46+,47+,48+,49+,50+,51+,52-,53-,54-,55-,56+,57-,58+,59+,60+,61+,62+,63+,64-,65-,66-,67-,68+,69-,70+,71+,72+,73-,74-,75-,76-,77+,79-/m0/s1. The first kappa shape index (κ1) is 117. The van der Waals surface area contributed by atoms with Crippen molar-refractivity contribution >= 4 is 35.5 Å². The third-order valence-electron chi connectivity index (χ3n) is 25.9. The van der Waals surface area contributed by atoms with E-state index in [1.54, 1.807) is 0 Å². The quantitative estimate of drug-likeness (QED) is 0.0273. The fourth-order valence-corrected chi connectivity index (χ4v) is 18.4. The van der Waals surface area contributed by atoms with Gasteiger partial charge in [-0.3, -0.25) is 24.0 Å².